The van der Waals surface area contributed by atoms with Gasteiger partial charge in [0.25, 0.3) is 5.91 Å². The molecule has 1 unspecified atom stereocenters. The topological polar surface area (TPSA) is 60.5 Å². The fourth-order valence-corrected chi connectivity index (χ4v) is 5.80. The SMILES string of the molecule is COc1ccc2c(OCCCN3CCCC(CN4CCc5cc(OC)c(OC)cc5C4=O)C3)cccc2c1. The number of hydrogen-bond donors (Lipinski definition) is 0. The van der Waals surface area contributed by atoms with Crippen LogP contribution in [-0.4, -0.2) is 76.4 Å². The Labute approximate surface area is 225 Å². The van der Waals surface area contributed by atoms with E-state index in [9.17, 15) is 4.79 Å². The van der Waals surface area contributed by atoms with E-state index in [1.54, 1.807) is 21.3 Å². The first-order valence-electron chi connectivity index (χ1n) is 13.6. The minimum Gasteiger partial charge on any atom is -0.497 e. The normalized spacial score (nSPS) is 17.8. The molecule has 3 aromatic carbocycles. The minimum atomic E-state index is 0.102. The summed E-state index contributed by atoms with van der Waals surface area (Å²) in [6, 6.07) is 16.0. The maximum atomic E-state index is 13.3. The quantitative estimate of drug-likeness (QED) is 0.350. The van der Waals surface area contributed by atoms with Gasteiger partial charge in [-0.3, -0.25) is 4.79 Å². The first kappa shape index (κ1) is 26.2. The fraction of sp³-hybridized carbons (Fsp3) is 0.452. The molecule has 0 bridgehead atoms. The Kier molecular flexibility index (Phi) is 8.23. The third kappa shape index (κ3) is 5.68. The van der Waals surface area contributed by atoms with Crippen molar-refractivity contribution in [3.05, 3.63) is 59.7 Å². The summed E-state index contributed by atoms with van der Waals surface area (Å²) in [7, 11) is 4.92. The van der Waals surface area contributed by atoms with Crippen LogP contribution < -0.4 is 18.9 Å². The molecular weight excluding hydrogens is 480 g/mol. The van der Waals surface area contributed by atoms with E-state index in [4.69, 9.17) is 18.9 Å². The molecule has 1 fully saturated rings. The Morgan fingerprint density at radius 3 is 2.58 bits per heavy atom. The minimum absolute atomic E-state index is 0.102. The van der Waals surface area contributed by atoms with Gasteiger partial charge in [-0.2, -0.15) is 0 Å². The molecule has 5 rings (SSSR count). The summed E-state index contributed by atoms with van der Waals surface area (Å²) >= 11 is 0. The van der Waals surface area contributed by atoms with Crippen LogP contribution in [0.4, 0.5) is 0 Å². The highest BCUT2D eigenvalue weighted by atomic mass is 16.5. The summed E-state index contributed by atoms with van der Waals surface area (Å²) < 4.78 is 22.4. The molecule has 2 aliphatic heterocycles. The highest BCUT2D eigenvalue weighted by Crippen LogP contribution is 2.34. The molecule has 7 nitrogen and oxygen atoms in total. The molecule has 7 heteroatoms. The van der Waals surface area contributed by atoms with Crippen LogP contribution in [0.1, 0.15) is 35.2 Å². The molecule has 2 aliphatic rings. The third-order valence-electron chi connectivity index (χ3n) is 7.78. The van der Waals surface area contributed by atoms with Crippen LogP contribution in [0.3, 0.4) is 0 Å². The van der Waals surface area contributed by atoms with Crippen molar-refractivity contribution in [2.24, 2.45) is 5.92 Å². The highest BCUT2D eigenvalue weighted by molar-refractivity contribution is 5.97. The summed E-state index contributed by atoms with van der Waals surface area (Å²) in [5, 5.41) is 2.23. The fourth-order valence-electron chi connectivity index (χ4n) is 5.80. The van der Waals surface area contributed by atoms with Crippen molar-refractivity contribution < 1.29 is 23.7 Å². The van der Waals surface area contributed by atoms with Crippen molar-refractivity contribution in [3.63, 3.8) is 0 Å². The molecular formula is C31H38N2O5. The Bertz CT molecular complexity index is 1280. The van der Waals surface area contributed by atoms with Crippen LogP contribution >= 0.6 is 0 Å². The second-order valence-electron chi connectivity index (χ2n) is 10.2. The Morgan fingerprint density at radius 2 is 1.76 bits per heavy atom. The first-order valence-corrected chi connectivity index (χ1v) is 13.6. The second-order valence-corrected chi connectivity index (χ2v) is 10.2. The molecule has 0 N–H and O–H groups in total. The monoisotopic (exact) mass is 518 g/mol. The van der Waals surface area contributed by atoms with Gasteiger partial charge in [0.05, 0.1) is 27.9 Å². The summed E-state index contributed by atoms with van der Waals surface area (Å²) in [6.45, 7) is 5.37. The molecule has 202 valence electrons. The number of hydrogen-bond acceptors (Lipinski definition) is 6. The van der Waals surface area contributed by atoms with Crippen LogP contribution in [0.25, 0.3) is 10.8 Å². The van der Waals surface area contributed by atoms with Gasteiger partial charge in [-0.1, -0.05) is 12.1 Å². The number of amides is 1. The lowest BCUT2D eigenvalue weighted by molar-refractivity contribution is 0.0658. The standard InChI is InChI=1S/C31H38N2O5/c1-35-25-10-11-26-23(17-25)8-4-9-28(26)38-16-6-14-32-13-5-7-22(20-32)21-33-15-12-24-18-29(36-2)30(37-3)19-27(24)31(33)34/h4,8-11,17-19,22H,5-7,12-16,20-21H2,1-3H3. The van der Waals surface area contributed by atoms with Gasteiger partial charge in [0.15, 0.2) is 11.5 Å². The number of ether oxygens (including phenoxy) is 4. The summed E-state index contributed by atoms with van der Waals surface area (Å²) in [4.78, 5) is 17.9. The number of benzene rings is 3. The van der Waals surface area contributed by atoms with Gasteiger partial charge in [0, 0.05) is 37.1 Å². The van der Waals surface area contributed by atoms with E-state index in [1.807, 2.05) is 41.3 Å². The van der Waals surface area contributed by atoms with Crippen LogP contribution in [0.2, 0.25) is 0 Å². The predicted octanol–water partition coefficient (Wildman–Crippen LogP) is 5.05. The molecule has 1 amide bonds. The summed E-state index contributed by atoms with van der Waals surface area (Å²) in [5.41, 5.74) is 1.78. The lowest BCUT2D eigenvalue weighted by Gasteiger charge is -2.37. The lowest BCUT2D eigenvalue weighted by atomic mass is 9.94. The predicted molar refractivity (Wildman–Crippen MR) is 149 cm³/mol. The van der Waals surface area contributed by atoms with Crippen molar-refractivity contribution >= 4 is 16.7 Å². The average Bonchev–Trinajstić information content (AvgIpc) is 2.96. The van der Waals surface area contributed by atoms with E-state index in [1.165, 1.54) is 6.42 Å². The zero-order chi connectivity index (χ0) is 26.5. The lowest BCUT2D eigenvalue weighted by Crippen LogP contribution is -2.45. The van der Waals surface area contributed by atoms with Gasteiger partial charge in [0.1, 0.15) is 11.5 Å². The van der Waals surface area contributed by atoms with Crippen molar-refractivity contribution in [2.75, 3.05) is 60.7 Å². The molecule has 1 saturated heterocycles. The van der Waals surface area contributed by atoms with Gasteiger partial charge in [-0.15, -0.1) is 0 Å². The van der Waals surface area contributed by atoms with Gasteiger partial charge in [0.2, 0.25) is 0 Å². The van der Waals surface area contributed by atoms with Gasteiger partial charge >= 0.3 is 0 Å². The van der Waals surface area contributed by atoms with Crippen molar-refractivity contribution in [2.45, 2.75) is 25.7 Å². The number of piperidine rings is 1. The van der Waals surface area contributed by atoms with E-state index in [0.29, 0.717) is 24.0 Å². The van der Waals surface area contributed by atoms with Gasteiger partial charge in [-0.05, 0) is 85.5 Å². The maximum Gasteiger partial charge on any atom is 0.254 e. The average molecular weight is 519 g/mol. The maximum absolute atomic E-state index is 13.3. The van der Waals surface area contributed by atoms with Crippen LogP contribution in [0.15, 0.2) is 48.5 Å². The third-order valence-corrected chi connectivity index (χ3v) is 7.78. The second kappa shape index (κ2) is 11.9. The van der Waals surface area contributed by atoms with E-state index in [0.717, 1.165) is 85.4 Å². The Balaban J connectivity index is 1.12. The number of fused-ring (bicyclic) bond motifs is 2. The largest absolute Gasteiger partial charge is 0.497 e. The zero-order valence-electron chi connectivity index (χ0n) is 22.7. The molecule has 0 spiro atoms. The zero-order valence-corrected chi connectivity index (χ0v) is 22.7. The van der Waals surface area contributed by atoms with Crippen LogP contribution in [0.5, 0.6) is 23.0 Å². The van der Waals surface area contributed by atoms with E-state index in [2.05, 4.69) is 17.0 Å². The van der Waals surface area contributed by atoms with Crippen LogP contribution in [0, 0.1) is 5.92 Å². The van der Waals surface area contributed by atoms with Crippen LogP contribution in [-0.2, 0) is 6.42 Å². The van der Waals surface area contributed by atoms with Gasteiger partial charge < -0.3 is 28.7 Å². The Morgan fingerprint density at radius 1 is 0.921 bits per heavy atom. The summed E-state index contributed by atoms with van der Waals surface area (Å²) in [5.74, 6) is 3.65. The smallest absolute Gasteiger partial charge is 0.254 e. The molecule has 0 saturated carbocycles. The van der Waals surface area contributed by atoms with E-state index >= 15 is 0 Å². The molecule has 0 aliphatic carbocycles. The molecule has 1 atom stereocenters. The molecule has 0 aromatic heterocycles. The van der Waals surface area contributed by atoms with Crippen molar-refractivity contribution in [1.29, 1.82) is 0 Å². The number of carbonyl (C=O) groups is 1. The molecule has 3 aromatic rings. The van der Waals surface area contributed by atoms with E-state index in [-0.39, 0.29) is 5.91 Å². The number of nitrogens with zero attached hydrogens (tertiary/aromatic N) is 2. The number of likely N-dealkylation sites (tertiary alicyclic amines) is 1. The van der Waals surface area contributed by atoms with Gasteiger partial charge in [-0.25, -0.2) is 0 Å². The van der Waals surface area contributed by atoms with Crippen molar-refractivity contribution in [3.8, 4) is 23.0 Å². The summed E-state index contributed by atoms with van der Waals surface area (Å²) in [6.07, 6.45) is 4.14. The number of methoxy groups -OCH3 is 3. The Hall–Kier alpha value is -3.45. The first-order chi connectivity index (χ1) is 18.6. The number of rotatable bonds is 10. The molecule has 2 heterocycles. The highest BCUT2D eigenvalue weighted by Gasteiger charge is 2.30. The van der Waals surface area contributed by atoms with Crippen molar-refractivity contribution in [1.82, 2.24) is 9.80 Å². The molecule has 0 radical (unpaired) electrons. The molecule has 38 heavy (non-hydrogen) atoms. The van der Waals surface area contributed by atoms with E-state index < -0.39 is 0 Å². The number of carbonyl (C=O) groups excluding carboxylic acids is 1.